The monoisotopic (exact) mass is 433 g/mol. The van der Waals surface area contributed by atoms with Crippen LogP contribution in [-0.2, 0) is 4.79 Å². The number of hydrogen-bond donors (Lipinski definition) is 2. The molecule has 0 atom stereocenters. The number of nitrogens with one attached hydrogen (secondary N) is 1. The van der Waals surface area contributed by atoms with Gasteiger partial charge in [0.05, 0.1) is 23.3 Å². The topological polar surface area (TPSA) is 89.8 Å². The number of fused-ring (bicyclic) bond motifs is 1. The fourth-order valence-electron chi connectivity index (χ4n) is 4.06. The van der Waals surface area contributed by atoms with Crippen LogP contribution in [0.15, 0.2) is 72.9 Å². The van der Waals surface area contributed by atoms with E-state index in [-0.39, 0.29) is 0 Å². The van der Waals surface area contributed by atoms with Gasteiger partial charge in [0.2, 0.25) is 0 Å². The Bertz CT molecular complexity index is 1430. The minimum Gasteiger partial charge on any atom is -0.478 e. The Labute approximate surface area is 192 Å². The molecule has 0 unspecified atom stereocenters. The average molecular weight is 434 g/mol. The first-order chi connectivity index (χ1) is 16.0. The highest BCUT2D eigenvalue weighted by Gasteiger charge is 2.16. The fourth-order valence-corrected chi connectivity index (χ4v) is 4.06. The molecule has 0 saturated carbocycles. The summed E-state index contributed by atoms with van der Waals surface area (Å²) < 4.78 is 0. The van der Waals surface area contributed by atoms with Crippen LogP contribution >= 0.6 is 0 Å². The van der Waals surface area contributed by atoms with Crippen molar-refractivity contribution in [2.75, 3.05) is 0 Å². The summed E-state index contributed by atoms with van der Waals surface area (Å²) in [5.74, 6) is -0.978. The highest BCUT2D eigenvalue weighted by Crippen LogP contribution is 2.37. The Morgan fingerprint density at radius 1 is 1.09 bits per heavy atom. The number of aryl methyl sites for hydroxylation is 1. The van der Waals surface area contributed by atoms with Crippen LogP contribution in [0.4, 0.5) is 0 Å². The van der Waals surface area contributed by atoms with Gasteiger partial charge in [0.1, 0.15) is 0 Å². The molecule has 0 spiro atoms. The number of nitriles is 1. The van der Waals surface area contributed by atoms with Gasteiger partial charge in [-0.1, -0.05) is 43.3 Å². The molecular formula is C28H23N3O2. The Morgan fingerprint density at radius 2 is 1.85 bits per heavy atom. The molecule has 5 nitrogen and oxygen atoms in total. The Hall–Kier alpha value is -4.43. The van der Waals surface area contributed by atoms with Gasteiger partial charge in [-0.3, -0.25) is 5.10 Å². The summed E-state index contributed by atoms with van der Waals surface area (Å²) >= 11 is 0. The third-order valence-electron chi connectivity index (χ3n) is 5.69. The molecule has 0 aliphatic heterocycles. The predicted molar refractivity (Wildman–Crippen MR) is 131 cm³/mol. The number of aromatic amines is 1. The second-order valence-corrected chi connectivity index (χ2v) is 7.81. The number of H-pyrrole nitrogens is 1. The SMILES string of the molecule is CC/C(=C(/c1ccc(/C=C/C(=O)O)cc1)c1ccc2[nH]ncc2c1)c1cc(C#N)ccc1C. The van der Waals surface area contributed by atoms with Gasteiger partial charge < -0.3 is 5.11 Å². The number of carbonyl (C=O) groups is 1. The summed E-state index contributed by atoms with van der Waals surface area (Å²) in [6, 6.07) is 22.1. The van der Waals surface area contributed by atoms with Crippen LogP contribution in [-0.4, -0.2) is 21.3 Å². The van der Waals surface area contributed by atoms with Crippen LogP contribution in [0.3, 0.4) is 0 Å². The first-order valence-corrected chi connectivity index (χ1v) is 10.7. The van der Waals surface area contributed by atoms with Crippen molar-refractivity contribution in [2.24, 2.45) is 0 Å². The second kappa shape index (κ2) is 9.37. The Morgan fingerprint density at radius 3 is 2.55 bits per heavy atom. The minimum atomic E-state index is -0.978. The number of nitrogens with zero attached hydrogens (tertiary/aromatic N) is 2. The molecule has 3 aromatic carbocycles. The quantitative estimate of drug-likeness (QED) is 0.279. The number of hydrogen-bond acceptors (Lipinski definition) is 3. The van der Waals surface area contributed by atoms with Crippen molar-refractivity contribution >= 4 is 34.1 Å². The van der Waals surface area contributed by atoms with Gasteiger partial charge >= 0.3 is 5.97 Å². The largest absolute Gasteiger partial charge is 0.478 e. The molecular weight excluding hydrogens is 410 g/mol. The zero-order chi connectivity index (χ0) is 23.4. The molecule has 5 heteroatoms. The molecule has 0 fully saturated rings. The Balaban J connectivity index is 1.96. The van der Waals surface area contributed by atoms with Crippen LogP contribution in [0.1, 0.15) is 46.7 Å². The van der Waals surface area contributed by atoms with Crippen molar-refractivity contribution in [1.82, 2.24) is 10.2 Å². The lowest BCUT2D eigenvalue weighted by molar-refractivity contribution is -0.131. The molecule has 33 heavy (non-hydrogen) atoms. The number of allylic oxidation sites excluding steroid dienone is 1. The summed E-state index contributed by atoms with van der Waals surface area (Å²) in [4.78, 5) is 10.9. The van der Waals surface area contributed by atoms with Crippen LogP contribution in [0.2, 0.25) is 0 Å². The van der Waals surface area contributed by atoms with Crippen LogP contribution in [0, 0.1) is 18.3 Å². The van der Waals surface area contributed by atoms with E-state index in [1.165, 1.54) is 0 Å². The van der Waals surface area contributed by atoms with Crippen molar-refractivity contribution in [3.8, 4) is 6.07 Å². The summed E-state index contributed by atoms with van der Waals surface area (Å²) in [5.41, 5.74) is 8.84. The number of benzene rings is 3. The van der Waals surface area contributed by atoms with E-state index in [0.717, 1.165) is 62.4 Å². The van der Waals surface area contributed by atoms with Gasteiger partial charge in [0.15, 0.2) is 0 Å². The van der Waals surface area contributed by atoms with Crippen LogP contribution in [0.5, 0.6) is 0 Å². The molecule has 1 heterocycles. The van der Waals surface area contributed by atoms with Crippen molar-refractivity contribution in [3.63, 3.8) is 0 Å². The fraction of sp³-hybridized carbons (Fsp3) is 0.107. The summed E-state index contributed by atoms with van der Waals surface area (Å²) in [5, 5.41) is 26.5. The third-order valence-corrected chi connectivity index (χ3v) is 5.69. The smallest absolute Gasteiger partial charge is 0.328 e. The molecule has 162 valence electrons. The Kier molecular flexibility index (Phi) is 6.19. The van der Waals surface area contributed by atoms with Crippen molar-refractivity contribution < 1.29 is 9.90 Å². The molecule has 0 aliphatic rings. The lowest BCUT2D eigenvalue weighted by Crippen LogP contribution is -1.98. The van der Waals surface area contributed by atoms with E-state index in [1.54, 1.807) is 6.08 Å². The number of aromatic nitrogens is 2. The maximum absolute atomic E-state index is 10.9. The molecule has 0 saturated heterocycles. The van der Waals surface area contributed by atoms with Gasteiger partial charge in [-0.05, 0) is 82.6 Å². The number of carboxylic acids is 1. The summed E-state index contributed by atoms with van der Waals surface area (Å²) in [6.45, 7) is 4.18. The highest BCUT2D eigenvalue weighted by atomic mass is 16.4. The normalized spacial score (nSPS) is 12.0. The molecule has 4 rings (SSSR count). The van der Waals surface area contributed by atoms with Gasteiger partial charge in [0.25, 0.3) is 0 Å². The molecule has 0 amide bonds. The lowest BCUT2D eigenvalue weighted by Gasteiger charge is -2.18. The average Bonchev–Trinajstić information content (AvgIpc) is 3.30. The van der Waals surface area contributed by atoms with E-state index in [9.17, 15) is 10.1 Å². The van der Waals surface area contributed by atoms with Gasteiger partial charge in [-0.2, -0.15) is 10.4 Å². The van der Waals surface area contributed by atoms with Crippen molar-refractivity contribution in [3.05, 3.63) is 106 Å². The van der Waals surface area contributed by atoms with Gasteiger partial charge in [0, 0.05) is 11.5 Å². The summed E-state index contributed by atoms with van der Waals surface area (Å²) in [6.07, 6.45) is 5.29. The van der Waals surface area contributed by atoms with Crippen LogP contribution in [0.25, 0.3) is 28.1 Å². The zero-order valence-electron chi connectivity index (χ0n) is 18.5. The maximum atomic E-state index is 10.9. The standard InChI is InChI=1S/C28H23N3O2/c1-3-24(25-14-20(16-29)5-4-18(25)2)28(22-11-12-26-23(15-22)17-30-31-26)21-9-6-19(7-10-21)8-13-27(32)33/h4-15,17H,3H2,1-2H3,(H,30,31)(H,32,33)/b13-8+,28-24+. The maximum Gasteiger partial charge on any atom is 0.328 e. The van der Waals surface area contributed by atoms with Gasteiger partial charge in [-0.15, -0.1) is 0 Å². The molecule has 2 N–H and O–H groups in total. The van der Waals surface area contributed by atoms with Crippen molar-refractivity contribution in [2.45, 2.75) is 20.3 Å². The molecule has 0 radical (unpaired) electrons. The zero-order valence-corrected chi connectivity index (χ0v) is 18.5. The lowest BCUT2D eigenvalue weighted by atomic mass is 9.85. The first kappa shape index (κ1) is 21.8. The highest BCUT2D eigenvalue weighted by molar-refractivity contribution is 6.01. The molecule has 0 aliphatic carbocycles. The van der Waals surface area contributed by atoms with E-state index >= 15 is 0 Å². The summed E-state index contributed by atoms with van der Waals surface area (Å²) in [7, 11) is 0. The van der Waals surface area contributed by atoms with E-state index in [0.29, 0.717) is 5.56 Å². The van der Waals surface area contributed by atoms with E-state index in [1.807, 2.05) is 54.7 Å². The predicted octanol–water partition coefficient (Wildman–Crippen LogP) is 6.21. The number of aliphatic carboxylic acids is 1. The third kappa shape index (κ3) is 4.60. The number of carboxylic acid groups (broad SMARTS) is 1. The second-order valence-electron chi connectivity index (χ2n) is 7.81. The van der Waals surface area contributed by atoms with E-state index < -0.39 is 5.97 Å². The van der Waals surface area contributed by atoms with E-state index in [4.69, 9.17) is 5.11 Å². The minimum absolute atomic E-state index is 0.625. The van der Waals surface area contributed by atoms with Gasteiger partial charge in [-0.25, -0.2) is 4.79 Å². The first-order valence-electron chi connectivity index (χ1n) is 10.7. The molecule has 1 aromatic heterocycles. The van der Waals surface area contributed by atoms with Crippen LogP contribution < -0.4 is 0 Å². The van der Waals surface area contributed by atoms with Crippen molar-refractivity contribution in [1.29, 1.82) is 5.26 Å². The molecule has 4 aromatic rings. The van der Waals surface area contributed by atoms with E-state index in [2.05, 4.69) is 42.2 Å². The number of rotatable bonds is 6. The molecule has 0 bridgehead atoms.